The Labute approximate surface area is 111 Å². The lowest BCUT2D eigenvalue weighted by molar-refractivity contribution is 0.278. The summed E-state index contributed by atoms with van der Waals surface area (Å²) in [5.74, 6) is 0. The van der Waals surface area contributed by atoms with Gasteiger partial charge in [-0.1, -0.05) is 0 Å². The highest BCUT2D eigenvalue weighted by atomic mass is 32.2. The Bertz CT molecular complexity index is 639. The molecule has 0 saturated heterocycles. The molecular formula is C11H14N4O3S. The third-order valence-electron chi connectivity index (χ3n) is 2.67. The van der Waals surface area contributed by atoms with E-state index >= 15 is 0 Å². The first kappa shape index (κ1) is 13.7. The number of hydrogen-bond acceptors (Lipinski definition) is 5. The second-order valence-corrected chi connectivity index (χ2v) is 5.98. The van der Waals surface area contributed by atoms with Crippen LogP contribution in [0.5, 0.6) is 0 Å². The minimum absolute atomic E-state index is 0.0773. The highest BCUT2D eigenvalue weighted by molar-refractivity contribution is 7.89. The lowest BCUT2D eigenvalue weighted by Crippen LogP contribution is -2.27. The molecule has 0 fully saturated rings. The van der Waals surface area contributed by atoms with Crippen LogP contribution in [0.25, 0.3) is 0 Å². The van der Waals surface area contributed by atoms with E-state index in [-0.39, 0.29) is 23.7 Å². The number of nitrogens with zero attached hydrogens (tertiary/aromatic N) is 3. The van der Waals surface area contributed by atoms with Crippen molar-refractivity contribution in [1.82, 2.24) is 19.5 Å². The summed E-state index contributed by atoms with van der Waals surface area (Å²) in [6.07, 6.45) is 4.50. The molecule has 2 aromatic rings. The maximum absolute atomic E-state index is 12.3. The molecule has 2 rings (SSSR count). The van der Waals surface area contributed by atoms with Gasteiger partial charge in [0.2, 0.25) is 0 Å². The van der Waals surface area contributed by atoms with Gasteiger partial charge >= 0.3 is 0 Å². The maximum Gasteiger partial charge on any atom is 0.260 e. The van der Waals surface area contributed by atoms with E-state index in [4.69, 9.17) is 5.11 Å². The Kier molecular flexibility index (Phi) is 3.93. The number of nitrogens with one attached hydrogen (secondary N) is 1. The molecule has 0 atom stereocenters. The fourth-order valence-electron chi connectivity index (χ4n) is 1.62. The van der Waals surface area contributed by atoms with E-state index in [1.165, 1.54) is 17.5 Å². The highest BCUT2D eigenvalue weighted by Gasteiger charge is 2.25. The molecule has 0 aliphatic rings. The van der Waals surface area contributed by atoms with Crippen molar-refractivity contribution in [2.75, 3.05) is 7.05 Å². The van der Waals surface area contributed by atoms with E-state index in [2.05, 4.69) is 15.2 Å². The molecular weight excluding hydrogens is 268 g/mol. The molecule has 7 nitrogen and oxygen atoms in total. The van der Waals surface area contributed by atoms with Gasteiger partial charge in [0.15, 0.2) is 5.03 Å². The number of sulfonamides is 1. The van der Waals surface area contributed by atoms with Gasteiger partial charge in [-0.3, -0.25) is 10.1 Å². The van der Waals surface area contributed by atoms with Crippen molar-refractivity contribution in [3.8, 4) is 0 Å². The summed E-state index contributed by atoms with van der Waals surface area (Å²) in [6.45, 7) is -0.164. The molecule has 8 heteroatoms. The van der Waals surface area contributed by atoms with Crippen LogP contribution < -0.4 is 0 Å². The molecule has 2 N–H and O–H groups in total. The quantitative estimate of drug-likeness (QED) is 0.811. The summed E-state index contributed by atoms with van der Waals surface area (Å²) in [7, 11) is -2.23. The Morgan fingerprint density at radius 2 is 2.05 bits per heavy atom. The number of aliphatic hydroxyl groups is 1. The van der Waals surface area contributed by atoms with Crippen molar-refractivity contribution in [1.29, 1.82) is 0 Å². The summed E-state index contributed by atoms with van der Waals surface area (Å²) in [5, 5.41) is 15.1. The molecule has 0 saturated carbocycles. The van der Waals surface area contributed by atoms with Crippen molar-refractivity contribution < 1.29 is 13.5 Å². The number of rotatable bonds is 5. The standard InChI is InChI=1S/C11H14N4O3S/c1-15(7-9-2-4-12-5-3-9)19(17,18)11-10(8-16)6-13-14-11/h2-6,16H,7-8H2,1H3,(H,13,14). The molecule has 2 heterocycles. The van der Waals surface area contributed by atoms with Gasteiger partial charge in [-0.05, 0) is 17.7 Å². The zero-order valence-electron chi connectivity index (χ0n) is 10.3. The minimum atomic E-state index is -3.70. The van der Waals surface area contributed by atoms with Crippen LogP contribution in [0.15, 0.2) is 35.7 Å². The molecule has 0 aliphatic carbocycles. The molecule has 2 aromatic heterocycles. The molecule has 0 bridgehead atoms. The van der Waals surface area contributed by atoms with E-state index in [0.29, 0.717) is 0 Å². The summed E-state index contributed by atoms with van der Waals surface area (Å²) >= 11 is 0. The van der Waals surface area contributed by atoms with Crippen LogP contribution in [-0.4, -0.2) is 40.1 Å². The van der Waals surface area contributed by atoms with E-state index in [1.54, 1.807) is 24.5 Å². The van der Waals surface area contributed by atoms with E-state index in [9.17, 15) is 8.42 Å². The Morgan fingerprint density at radius 1 is 1.37 bits per heavy atom. The van der Waals surface area contributed by atoms with Gasteiger partial charge in [-0.25, -0.2) is 8.42 Å². The number of pyridine rings is 1. The third kappa shape index (κ3) is 2.80. The van der Waals surface area contributed by atoms with Crippen LogP contribution in [0.1, 0.15) is 11.1 Å². The predicted molar refractivity (Wildman–Crippen MR) is 67.4 cm³/mol. The molecule has 0 radical (unpaired) electrons. The van der Waals surface area contributed by atoms with Crippen LogP contribution in [0.3, 0.4) is 0 Å². The number of aliphatic hydroxyl groups excluding tert-OH is 1. The van der Waals surface area contributed by atoms with Crippen molar-refractivity contribution in [3.05, 3.63) is 41.9 Å². The van der Waals surface area contributed by atoms with E-state index < -0.39 is 10.0 Å². The molecule has 19 heavy (non-hydrogen) atoms. The lowest BCUT2D eigenvalue weighted by Gasteiger charge is -2.16. The number of H-pyrrole nitrogens is 1. The maximum atomic E-state index is 12.3. The van der Waals surface area contributed by atoms with E-state index in [0.717, 1.165) is 5.56 Å². The average molecular weight is 282 g/mol. The van der Waals surface area contributed by atoms with Gasteiger partial charge < -0.3 is 5.11 Å². The van der Waals surface area contributed by atoms with Crippen molar-refractivity contribution in [3.63, 3.8) is 0 Å². The van der Waals surface area contributed by atoms with Crippen LogP contribution in [0.2, 0.25) is 0 Å². The Balaban J connectivity index is 2.25. The van der Waals surface area contributed by atoms with Gasteiger partial charge in [0.25, 0.3) is 10.0 Å². The first-order valence-electron chi connectivity index (χ1n) is 5.54. The van der Waals surface area contributed by atoms with Crippen LogP contribution in [0.4, 0.5) is 0 Å². The molecule has 0 aromatic carbocycles. The van der Waals surface area contributed by atoms with E-state index in [1.807, 2.05) is 0 Å². The minimum Gasteiger partial charge on any atom is -0.392 e. The molecule has 102 valence electrons. The smallest absolute Gasteiger partial charge is 0.260 e. The van der Waals surface area contributed by atoms with Crippen LogP contribution in [0, 0.1) is 0 Å². The first-order valence-corrected chi connectivity index (χ1v) is 6.98. The topological polar surface area (TPSA) is 99.2 Å². The summed E-state index contributed by atoms with van der Waals surface area (Å²) < 4.78 is 25.8. The summed E-state index contributed by atoms with van der Waals surface area (Å²) in [6, 6.07) is 3.48. The fourth-order valence-corrected chi connectivity index (χ4v) is 2.87. The zero-order valence-corrected chi connectivity index (χ0v) is 11.1. The SMILES string of the molecule is CN(Cc1ccncc1)S(=O)(=O)c1[nH]ncc1CO. The summed E-state index contributed by atoms with van der Waals surface area (Å²) in [4.78, 5) is 3.87. The Hall–Kier alpha value is -1.77. The summed E-state index contributed by atoms with van der Waals surface area (Å²) in [5.41, 5.74) is 1.08. The average Bonchev–Trinajstić information content (AvgIpc) is 2.88. The normalized spacial score (nSPS) is 11.9. The molecule has 0 aliphatic heterocycles. The number of aromatic amines is 1. The monoisotopic (exact) mass is 282 g/mol. The van der Waals surface area contributed by atoms with Gasteiger partial charge in [0.05, 0.1) is 12.8 Å². The van der Waals surface area contributed by atoms with Gasteiger partial charge in [-0.15, -0.1) is 0 Å². The number of aromatic nitrogens is 3. The van der Waals surface area contributed by atoms with Gasteiger partial charge in [0, 0.05) is 31.5 Å². The van der Waals surface area contributed by atoms with Gasteiger partial charge in [0.1, 0.15) is 0 Å². The van der Waals surface area contributed by atoms with Crippen LogP contribution >= 0.6 is 0 Å². The second kappa shape index (κ2) is 5.47. The predicted octanol–water partition coefficient (Wildman–Crippen LogP) is 0.118. The molecule has 0 spiro atoms. The van der Waals surface area contributed by atoms with Gasteiger partial charge in [-0.2, -0.15) is 9.40 Å². The second-order valence-electron chi connectivity index (χ2n) is 4.00. The van der Waals surface area contributed by atoms with Crippen molar-refractivity contribution in [2.24, 2.45) is 0 Å². The molecule has 0 unspecified atom stereocenters. The van der Waals surface area contributed by atoms with Crippen LogP contribution in [-0.2, 0) is 23.2 Å². The fraction of sp³-hybridized carbons (Fsp3) is 0.273. The lowest BCUT2D eigenvalue weighted by atomic mass is 10.3. The zero-order chi connectivity index (χ0) is 13.9. The first-order chi connectivity index (χ1) is 9.05. The number of hydrogen-bond donors (Lipinski definition) is 2. The largest absolute Gasteiger partial charge is 0.392 e. The van der Waals surface area contributed by atoms with Crippen molar-refractivity contribution in [2.45, 2.75) is 18.2 Å². The Morgan fingerprint density at radius 3 is 2.68 bits per heavy atom. The van der Waals surface area contributed by atoms with Crippen molar-refractivity contribution >= 4 is 10.0 Å². The third-order valence-corrected chi connectivity index (χ3v) is 4.49. The highest BCUT2D eigenvalue weighted by Crippen LogP contribution is 2.18. The molecule has 0 amide bonds.